The van der Waals surface area contributed by atoms with Crippen LogP contribution < -0.4 is 0 Å². The summed E-state index contributed by atoms with van der Waals surface area (Å²) in [7, 11) is 0. The van der Waals surface area contributed by atoms with Crippen molar-refractivity contribution in [3.05, 3.63) is 0 Å². The third-order valence-corrected chi connectivity index (χ3v) is 2.37. The zero-order chi connectivity index (χ0) is 8.97. The van der Waals surface area contributed by atoms with Gasteiger partial charge in [-0.15, -0.1) is 0 Å². The molecule has 0 aromatic rings. The second kappa shape index (κ2) is 4.45. The first-order chi connectivity index (χ1) is 5.79. The fraction of sp³-hybridized carbons (Fsp3) is 0.889. The molecule has 12 heavy (non-hydrogen) atoms. The van der Waals surface area contributed by atoms with E-state index in [0.717, 1.165) is 25.8 Å². The summed E-state index contributed by atoms with van der Waals surface area (Å²) >= 11 is 0. The van der Waals surface area contributed by atoms with Gasteiger partial charge in [0.2, 0.25) is 5.91 Å². The van der Waals surface area contributed by atoms with Crippen LogP contribution in [-0.4, -0.2) is 35.1 Å². The van der Waals surface area contributed by atoms with Crippen LogP contribution in [0.5, 0.6) is 0 Å². The highest BCUT2D eigenvalue weighted by atomic mass is 16.3. The van der Waals surface area contributed by atoms with Crippen LogP contribution in [0.25, 0.3) is 0 Å². The average molecular weight is 171 g/mol. The highest BCUT2D eigenvalue weighted by molar-refractivity contribution is 5.76. The van der Waals surface area contributed by atoms with Crippen molar-refractivity contribution >= 4 is 5.91 Å². The van der Waals surface area contributed by atoms with E-state index < -0.39 is 0 Å². The lowest BCUT2D eigenvalue weighted by atomic mass is 10.2. The van der Waals surface area contributed by atoms with Gasteiger partial charge in [-0.05, 0) is 19.3 Å². The van der Waals surface area contributed by atoms with Gasteiger partial charge in [-0.1, -0.05) is 6.92 Å². The minimum absolute atomic E-state index is 0.101. The summed E-state index contributed by atoms with van der Waals surface area (Å²) in [5, 5.41) is 8.96. The molecule has 0 aromatic heterocycles. The molecule has 1 unspecified atom stereocenters. The van der Waals surface area contributed by atoms with Crippen molar-refractivity contribution in [2.45, 2.75) is 38.6 Å². The van der Waals surface area contributed by atoms with Gasteiger partial charge in [0.1, 0.15) is 0 Å². The van der Waals surface area contributed by atoms with Gasteiger partial charge in [0.15, 0.2) is 0 Å². The van der Waals surface area contributed by atoms with Gasteiger partial charge in [-0.3, -0.25) is 4.79 Å². The smallest absolute Gasteiger partial charge is 0.222 e. The van der Waals surface area contributed by atoms with Gasteiger partial charge in [0.25, 0.3) is 0 Å². The molecule has 1 saturated heterocycles. The molecule has 3 nitrogen and oxygen atoms in total. The first-order valence-corrected chi connectivity index (χ1v) is 4.70. The molecule has 1 aliphatic rings. The molecular formula is C9H17NO2. The molecule has 1 atom stereocenters. The summed E-state index contributed by atoms with van der Waals surface area (Å²) in [5.74, 6) is 0.203. The zero-order valence-electron chi connectivity index (χ0n) is 7.62. The Morgan fingerprint density at radius 3 is 3.00 bits per heavy atom. The summed E-state index contributed by atoms with van der Waals surface area (Å²) in [6, 6.07) is 0.101. The van der Waals surface area contributed by atoms with Gasteiger partial charge in [0, 0.05) is 13.0 Å². The first-order valence-electron chi connectivity index (χ1n) is 4.70. The van der Waals surface area contributed by atoms with Crippen LogP contribution in [-0.2, 0) is 4.79 Å². The van der Waals surface area contributed by atoms with E-state index in [4.69, 9.17) is 5.11 Å². The maximum atomic E-state index is 11.4. The molecule has 1 heterocycles. The number of aliphatic hydroxyl groups is 1. The highest BCUT2D eigenvalue weighted by Gasteiger charge is 2.26. The summed E-state index contributed by atoms with van der Waals surface area (Å²) in [6.45, 7) is 2.96. The molecule has 0 radical (unpaired) electrons. The van der Waals surface area contributed by atoms with E-state index >= 15 is 0 Å². The average Bonchev–Trinajstić information content (AvgIpc) is 2.51. The third-order valence-electron chi connectivity index (χ3n) is 2.37. The molecule has 1 rings (SSSR count). The van der Waals surface area contributed by atoms with Crippen LogP contribution in [0, 0.1) is 0 Å². The van der Waals surface area contributed by atoms with Crippen LogP contribution in [0.1, 0.15) is 32.6 Å². The van der Waals surface area contributed by atoms with Crippen molar-refractivity contribution < 1.29 is 9.90 Å². The molecule has 1 amide bonds. The van der Waals surface area contributed by atoms with Crippen LogP contribution in [0.3, 0.4) is 0 Å². The van der Waals surface area contributed by atoms with Crippen molar-refractivity contribution in [3.8, 4) is 0 Å². The minimum atomic E-state index is 0.101. The summed E-state index contributed by atoms with van der Waals surface area (Å²) in [4.78, 5) is 13.3. The van der Waals surface area contributed by atoms with Gasteiger partial charge >= 0.3 is 0 Å². The Kier molecular flexibility index (Phi) is 3.53. The van der Waals surface area contributed by atoms with Crippen molar-refractivity contribution in [1.29, 1.82) is 0 Å². The zero-order valence-corrected chi connectivity index (χ0v) is 7.62. The second-order valence-electron chi connectivity index (χ2n) is 3.32. The Hall–Kier alpha value is -0.570. The number of hydrogen-bond donors (Lipinski definition) is 1. The van der Waals surface area contributed by atoms with E-state index in [1.807, 2.05) is 11.8 Å². The molecule has 1 aliphatic heterocycles. The van der Waals surface area contributed by atoms with Crippen molar-refractivity contribution in [1.82, 2.24) is 4.90 Å². The Morgan fingerprint density at radius 1 is 1.67 bits per heavy atom. The number of amides is 1. The molecule has 0 aliphatic carbocycles. The van der Waals surface area contributed by atoms with Crippen molar-refractivity contribution in [3.63, 3.8) is 0 Å². The molecule has 1 N–H and O–H groups in total. The first kappa shape index (κ1) is 9.52. The molecule has 1 fully saturated rings. The second-order valence-corrected chi connectivity index (χ2v) is 3.32. The Bertz CT molecular complexity index is 159. The van der Waals surface area contributed by atoms with Crippen LogP contribution >= 0.6 is 0 Å². The largest absolute Gasteiger partial charge is 0.394 e. The molecule has 0 aromatic carbocycles. The molecule has 0 spiro atoms. The van der Waals surface area contributed by atoms with Crippen molar-refractivity contribution in [2.24, 2.45) is 0 Å². The van der Waals surface area contributed by atoms with E-state index in [1.165, 1.54) is 0 Å². The lowest BCUT2D eigenvalue weighted by Gasteiger charge is -2.22. The molecule has 70 valence electrons. The SMILES string of the molecule is CCCC(=O)N1CCCC1CO. The summed E-state index contributed by atoms with van der Waals surface area (Å²) in [6.07, 6.45) is 3.52. The number of aliphatic hydroxyl groups excluding tert-OH is 1. The Balaban J connectivity index is 2.43. The summed E-state index contributed by atoms with van der Waals surface area (Å²) in [5.41, 5.74) is 0. The maximum absolute atomic E-state index is 11.4. The van der Waals surface area contributed by atoms with Gasteiger partial charge < -0.3 is 10.0 Å². The topological polar surface area (TPSA) is 40.5 Å². The van der Waals surface area contributed by atoms with Crippen LogP contribution in [0.4, 0.5) is 0 Å². The number of likely N-dealkylation sites (tertiary alicyclic amines) is 1. The van der Waals surface area contributed by atoms with Crippen LogP contribution in [0.2, 0.25) is 0 Å². The molecule has 3 heteroatoms. The number of hydrogen-bond acceptors (Lipinski definition) is 2. The van der Waals surface area contributed by atoms with Gasteiger partial charge in [-0.25, -0.2) is 0 Å². The van der Waals surface area contributed by atoms with E-state index in [9.17, 15) is 4.79 Å². The molecular weight excluding hydrogens is 154 g/mol. The third kappa shape index (κ3) is 1.97. The fourth-order valence-corrected chi connectivity index (χ4v) is 1.71. The molecule has 0 bridgehead atoms. The van der Waals surface area contributed by atoms with E-state index in [-0.39, 0.29) is 18.6 Å². The predicted octanol–water partition coefficient (Wildman–Crippen LogP) is 0.770. The monoisotopic (exact) mass is 171 g/mol. The highest BCUT2D eigenvalue weighted by Crippen LogP contribution is 2.17. The number of carbonyl (C=O) groups excluding carboxylic acids is 1. The lowest BCUT2D eigenvalue weighted by Crippen LogP contribution is -2.37. The molecule has 0 saturated carbocycles. The predicted molar refractivity (Wildman–Crippen MR) is 46.7 cm³/mol. The van der Waals surface area contributed by atoms with E-state index in [2.05, 4.69) is 0 Å². The lowest BCUT2D eigenvalue weighted by molar-refractivity contribution is -0.132. The number of carbonyl (C=O) groups is 1. The minimum Gasteiger partial charge on any atom is -0.394 e. The maximum Gasteiger partial charge on any atom is 0.222 e. The number of rotatable bonds is 3. The fourth-order valence-electron chi connectivity index (χ4n) is 1.71. The summed E-state index contributed by atoms with van der Waals surface area (Å²) < 4.78 is 0. The number of nitrogens with zero attached hydrogens (tertiary/aromatic N) is 1. The standard InChI is InChI=1S/C9H17NO2/c1-2-4-9(12)10-6-3-5-8(10)7-11/h8,11H,2-7H2,1H3. The Morgan fingerprint density at radius 2 is 2.42 bits per heavy atom. The van der Waals surface area contributed by atoms with Gasteiger partial charge in [0.05, 0.1) is 12.6 Å². The van der Waals surface area contributed by atoms with Crippen molar-refractivity contribution in [2.75, 3.05) is 13.2 Å². The van der Waals surface area contributed by atoms with E-state index in [0.29, 0.717) is 6.42 Å². The van der Waals surface area contributed by atoms with Crippen LogP contribution in [0.15, 0.2) is 0 Å². The van der Waals surface area contributed by atoms with Gasteiger partial charge in [-0.2, -0.15) is 0 Å². The van der Waals surface area contributed by atoms with E-state index in [1.54, 1.807) is 0 Å². The Labute approximate surface area is 73.4 Å². The normalized spacial score (nSPS) is 23.2. The quantitative estimate of drug-likeness (QED) is 0.681.